The molecule has 1 rings (SSSR count). The van der Waals surface area contributed by atoms with Gasteiger partial charge < -0.3 is 5.73 Å². The molecule has 0 saturated carbocycles. The van der Waals surface area contributed by atoms with Gasteiger partial charge in [0.2, 0.25) is 0 Å². The van der Waals surface area contributed by atoms with Crippen LogP contribution >= 0.6 is 0 Å². The molecule has 2 N–H and O–H groups in total. The highest BCUT2D eigenvalue weighted by Gasteiger charge is 2.20. The fraction of sp³-hybridized carbons (Fsp3) is 0.667. The van der Waals surface area contributed by atoms with Gasteiger partial charge in [-0.15, -0.1) is 6.58 Å². The molecule has 0 aliphatic heterocycles. The molecule has 1 aliphatic rings. The van der Waals surface area contributed by atoms with Crippen molar-refractivity contribution >= 4 is 0 Å². The van der Waals surface area contributed by atoms with E-state index in [-0.39, 0.29) is 6.04 Å². The van der Waals surface area contributed by atoms with E-state index in [2.05, 4.69) is 31.4 Å². The van der Waals surface area contributed by atoms with Gasteiger partial charge in [-0.1, -0.05) is 24.6 Å². The van der Waals surface area contributed by atoms with Crippen molar-refractivity contribution in [2.24, 2.45) is 5.73 Å². The molecule has 80 valence electrons. The number of nitrogens with zero attached hydrogens (tertiary/aromatic N) is 1. The molecule has 2 atom stereocenters. The Morgan fingerprint density at radius 3 is 2.86 bits per heavy atom. The van der Waals surface area contributed by atoms with Crippen molar-refractivity contribution in [3.63, 3.8) is 0 Å². The minimum Gasteiger partial charge on any atom is -0.324 e. The first-order valence-corrected chi connectivity index (χ1v) is 5.47. The molecule has 14 heavy (non-hydrogen) atoms. The van der Waals surface area contributed by atoms with Crippen molar-refractivity contribution in [2.75, 3.05) is 13.1 Å². The van der Waals surface area contributed by atoms with Crippen LogP contribution in [0.15, 0.2) is 24.3 Å². The molecule has 2 unspecified atom stereocenters. The predicted molar refractivity (Wildman–Crippen MR) is 62.2 cm³/mol. The van der Waals surface area contributed by atoms with Crippen molar-refractivity contribution in [1.29, 1.82) is 0 Å². The summed E-state index contributed by atoms with van der Waals surface area (Å²) in [5, 5.41) is 0. The average molecular weight is 194 g/mol. The lowest BCUT2D eigenvalue weighted by atomic mass is 9.92. The van der Waals surface area contributed by atoms with Crippen molar-refractivity contribution in [3.8, 4) is 0 Å². The largest absolute Gasteiger partial charge is 0.324 e. The Morgan fingerprint density at radius 1 is 1.64 bits per heavy atom. The Hall–Kier alpha value is -0.600. The van der Waals surface area contributed by atoms with E-state index in [1.165, 1.54) is 12.0 Å². The molecule has 2 heteroatoms. The summed E-state index contributed by atoms with van der Waals surface area (Å²) in [6.45, 7) is 10.2. The van der Waals surface area contributed by atoms with Crippen molar-refractivity contribution in [3.05, 3.63) is 24.3 Å². The summed E-state index contributed by atoms with van der Waals surface area (Å²) in [6, 6.07) is 0.853. The van der Waals surface area contributed by atoms with Crippen LogP contribution in [0.3, 0.4) is 0 Å². The first-order chi connectivity index (χ1) is 6.69. The Morgan fingerprint density at radius 2 is 2.36 bits per heavy atom. The maximum absolute atomic E-state index is 5.95. The number of nitrogens with two attached hydrogens (primary N) is 1. The number of hydrogen-bond acceptors (Lipinski definition) is 2. The van der Waals surface area contributed by atoms with Gasteiger partial charge in [-0.05, 0) is 26.3 Å². The summed E-state index contributed by atoms with van der Waals surface area (Å²) in [6.07, 6.45) is 6.59. The lowest BCUT2D eigenvalue weighted by Gasteiger charge is -2.32. The van der Waals surface area contributed by atoms with Crippen molar-refractivity contribution in [2.45, 2.75) is 38.8 Å². The lowest BCUT2D eigenvalue weighted by Crippen LogP contribution is -2.39. The molecule has 0 radical (unpaired) electrons. The van der Waals surface area contributed by atoms with Gasteiger partial charge in [-0.2, -0.15) is 0 Å². The molecule has 0 fully saturated rings. The molecular formula is C12H22N2. The molecule has 0 spiro atoms. The highest BCUT2D eigenvalue weighted by Crippen LogP contribution is 2.20. The zero-order valence-corrected chi connectivity index (χ0v) is 9.37. The molecule has 1 aliphatic carbocycles. The topological polar surface area (TPSA) is 29.3 Å². The summed E-state index contributed by atoms with van der Waals surface area (Å²) in [4.78, 5) is 2.43. The van der Waals surface area contributed by atoms with E-state index < -0.39 is 0 Å². The zero-order chi connectivity index (χ0) is 10.6. The Labute approximate surface area is 87.5 Å². The van der Waals surface area contributed by atoms with Crippen LogP contribution in [0.25, 0.3) is 0 Å². The zero-order valence-electron chi connectivity index (χ0n) is 9.37. The Kier molecular flexibility index (Phi) is 4.36. The second-order valence-electron chi connectivity index (χ2n) is 4.04. The summed E-state index contributed by atoms with van der Waals surface area (Å²) < 4.78 is 0. The Bertz CT molecular complexity index is 220. The van der Waals surface area contributed by atoms with E-state index in [4.69, 9.17) is 5.73 Å². The number of rotatable bonds is 4. The maximum atomic E-state index is 5.95. The van der Waals surface area contributed by atoms with Gasteiger partial charge >= 0.3 is 0 Å². The third kappa shape index (κ3) is 2.69. The molecule has 2 nitrogen and oxygen atoms in total. The monoisotopic (exact) mass is 194 g/mol. The average Bonchev–Trinajstić information content (AvgIpc) is 2.19. The van der Waals surface area contributed by atoms with E-state index in [0.717, 1.165) is 19.5 Å². The second-order valence-corrected chi connectivity index (χ2v) is 4.04. The van der Waals surface area contributed by atoms with Crippen LogP contribution in [0.1, 0.15) is 26.7 Å². The van der Waals surface area contributed by atoms with Crippen LogP contribution < -0.4 is 5.73 Å². The molecular weight excluding hydrogens is 172 g/mol. The summed E-state index contributed by atoms with van der Waals surface area (Å²) in [5.41, 5.74) is 7.29. The van der Waals surface area contributed by atoms with Gasteiger partial charge in [0.15, 0.2) is 0 Å². The van der Waals surface area contributed by atoms with E-state index in [1.807, 2.05) is 6.08 Å². The molecule has 0 aromatic rings. The lowest BCUT2D eigenvalue weighted by molar-refractivity contribution is 0.242. The molecule has 0 aromatic carbocycles. The predicted octanol–water partition coefficient (Wildman–Crippen LogP) is 1.93. The van der Waals surface area contributed by atoms with E-state index in [1.54, 1.807) is 0 Å². The van der Waals surface area contributed by atoms with Crippen molar-refractivity contribution < 1.29 is 0 Å². The molecule has 0 amide bonds. The van der Waals surface area contributed by atoms with Crippen LogP contribution in [0, 0.1) is 0 Å². The van der Waals surface area contributed by atoms with Gasteiger partial charge in [0, 0.05) is 18.6 Å². The Balaban J connectivity index is 2.63. The third-order valence-corrected chi connectivity index (χ3v) is 3.05. The fourth-order valence-corrected chi connectivity index (χ4v) is 2.04. The fourth-order valence-electron chi connectivity index (χ4n) is 2.04. The highest BCUT2D eigenvalue weighted by molar-refractivity contribution is 5.15. The van der Waals surface area contributed by atoms with E-state index in [0.29, 0.717) is 6.04 Å². The highest BCUT2D eigenvalue weighted by atomic mass is 15.1. The number of likely N-dealkylation sites (N-methyl/N-ethyl adjacent to an activating group) is 1. The SMILES string of the molecule is C=CCN(CC)C1C=C(C)C(N)CC1. The van der Waals surface area contributed by atoms with Crippen LogP contribution in [-0.2, 0) is 0 Å². The minimum atomic E-state index is 0.286. The summed E-state index contributed by atoms with van der Waals surface area (Å²) in [7, 11) is 0. The van der Waals surface area contributed by atoms with Gasteiger partial charge in [0.05, 0.1) is 0 Å². The number of hydrogen-bond donors (Lipinski definition) is 1. The first-order valence-electron chi connectivity index (χ1n) is 5.47. The van der Waals surface area contributed by atoms with Crippen molar-refractivity contribution in [1.82, 2.24) is 4.90 Å². The van der Waals surface area contributed by atoms with Gasteiger partial charge in [0.1, 0.15) is 0 Å². The van der Waals surface area contributed by atoms with Gasteiger partial charge in [0.25, 0.3) is 0 Å². The smallest absolute Gasteiger partial charge is 0.0285 e. The van der Waals surface area contributed by atoms with E-state index in [9.17, 15) is 0 Å². The molecule has 0 bridgehead atoms. The van der Waals surface area contributed by atoms with Crippen LogP contribution in [-0.4, -0.2) is 30.1 Å². The normalized spacial score (nSPS) is 27.6. The van der Waals surface area contributed by atoms with Gasteiger partial charge in [-0.3, -0.25) is 4.90 Å². The van der Waals surface area contributed by atoms with E-state index >= 15 is 0 Å². The maximum Gasteiger partial charge on any atom is 0.0285 e. The van der Waals surface area contributed by atoms with Crippen LogP contribution in [0.5, 0.6) is 0 Å². The molecule has 0 aromatic heterocycles. The summed E-state index contributed by atoms with van der Waals surface area (Å²) in [5.74, 6) is 0. The van der Waals surface area contributed by atoms with Crippen LogP contribution in [0.4, 0.5) is 0 Å². The summed E-state index contributed by atoms with van der Waals surface area (Å²) >= 11 is 0. The van der Waals surface area contributed by atoms with Gasteiger partial charge in [-0.25, -0.2) is 0 Å². The quantitative estimate of drug-likeness (QED) is 0.693. The molecule has 0 saturated heterocycles. The first kappa shape index (κ1) is 11.5. The van der Waals surface area contributed by atoms with Crippen LogP contribution in [0.2, 0.25) is 0 Å². The molecule has 0 heterocycles. The minimum absolute atomic E-state index is 0.286. The standard InChI is InChI=1S/C12H22N2/c1-4-8-14(5-2)11-6-7-12(13)10(3)9-11/h4,9,11-12H,1,5-8,13H2,2-3H3. The third-order valence-electron chi connectivity index (χ3n) is 3.05. The second kappa shape index (κ2) is 5.32.